The Hall–Kier alpha value is -0.160. The number of methoxy groups -OCH3 is 1. The van der Waals surface area contributed by atoms with Crippen molar-refractivity contribution in [3.8, 4) is 0 Å². The summed E-state index contributed by atoms with van der Waals surface area (Å²) in [6.07, 6.45) is 2.76. The van der Waals surface area contributed by atoms with Crippen molar-refractivity contribution in [1.29, 1.82) is 0 Å². The van der Waals surface area contributed by atoms with Crippen molar-refractivity contribution in [3.05, 3.63) is 0 Å². The van der Waals surface area contributed by atoms with Crippen LogP contribution >= 0.6 is 0 Å². The number of ether oxygens (including phenoxy) is 1. The van der Waals surface area contributed by atoms with Crippen molar-refractivity contribution in [2.24, 2.45) is 17.8 Å². The fourth-order valence-electron chi connectivity index (χ4n) is 4.25. The summed E-state index contributed by atoms with van der Waals surface area (Å²) < 4.78 is 5.02. The molecular formula is C12H21NO3. The maximum atomic E-state index is 10.3. The number of aliphatic hydroxyl groups excluding tert-OH is 2. The zero-order valence-corrected chi connectivity index (χ0v) is 9.75. The summed E-state index contributed by atoms with van der Waals surface area (Å²) in [4.78, 5) is 2.08. The minimum absolute atomic E-state index is 0.175. The van der Waals surface area contributed by atoms with Gasteiger partial charge in [0.2, 0.25) is 0 Å². The third-order valence-corrected chi connectivity index (χ3v) is 4.74. The molecule has 0 spiro atoms. The SMILES string of the molecule is COCC(O)N1CC2C[C@H]3C[C@@H](C2)[C@H](O)C31. The van der Waals surface area contributed by atoms with Crippen molar-refractivity contribution < 1.29 is 14.9 Å². The second-order valence-corrected chi connectivity index (χ2v) is 5.71. The summed E-state index contributed by atoms with van der Waals surface area (Å²) in [7, 11) is 1.61. The normalized spacial score (nSPS) is 48.6. The summed E-state index contributed by atoms with van der Waals surface area (Å²) in [5.74, 6) is 1.75. The highest BCUT2D eigenvalue weighted by Crippen LogP contribution is 2.51. The number of fused-ring (bicyclic) bond motifs is 2. The van der Waals surface area contributed by atoms with E-state index >= 15 is 0 Å². The average molecular weight is 227 g/mol. The first kappa shape index (κ1) is 11.0. The Morgan fingerprint density at radius 1 is 1.31 bits per heavy atom. The standard InChI is InChI=1S/C12H21NO3/c1-16-6-10(14)13-5-7-2-8-4-9(3-7)12(15)11(8)13/h7-12,14-15H,2-6H2,1H3/t7?,8-,9+,10?,11?,12-/m0/s1. The molecule has 1 saturated heterocycles. The highest BCUT2D eigenvalue weighted by Gasteiger charge is 2.54. The lowest BCUT2D eigenvalue weighted by molar-refractivity contribution is -0.111. The number of piperidine rings is 1. The second kappa shape index (κ2) is 3.95. The van der Waals surface area contributed by atoms with E-state index in [9.17, 15) is 10.2 Å². The lowest BCUT2D eigenvalue weighted by atomic mass is 9.78. The van der Waals surface area contributed by atoms with Gasteiger partial charge in [-0.15, -0.1) is 0 Å². The molecule has 4 heteroatoms. The Balaban J connectivity index is 1.81. The minimum atomic E-state index is -0.549. The minimum Gasteiger partial charge on any atom is -0.391 e. The molecule has 6 atom stereocenters. The molecule has 0 aromatic carbocycles. The third kappa shape index (κ3) is 1.51. The Bertz CT molecular complexity index is 269. The molecule has 92 valence electrons. The molecule has 0 amide bonds. The Kier molecular flexibility index (Phi) is 2.70. The van der Waals surface area contributed by atoms with Crippen LogP contribution in [-0.4, -0.2) is 53.7 Å². The van der Waals surface area contributed by atoms with Crippen molar-refractivity contribution in [1.82, 2.24) is 4.90 Å². The van der Waals surface area contributed by atoms with Gasteiger partial charge in [0.15, 0.2) is 0 Å². The van der Waals surface area contributed by atoms with Crippen molar-refractivity contribution in [3.63, 3.8) is 0 Å². The molecule has 3 unspecified atom stereocenters. The molecule has 16 heavy (non-hydrogen) atoms. The largest absolute Gasteiger partial charge is 0.391 e. The maximum Gasteiger partial charge on any atom is 0.131 e. The van der Waals surface area contributed by atoms with Gasteiger partial charge in [-0.3, -0.25) is 4.90 Å². The Labute approximate surface area is 96.2 Å². The molecule has 3 fully saturated rings. The number of rotatable bonds is 3. The zero-order valence-electron chi connectivity index (χ0n) is 9.75. The van der Waals surface area contributed by atoms with Gasteiger partial charge in [-0.1, -0.05) is 0 Å². The van der Waals surface area contributed by atoms with Crippen LogP contribution in [0.1, 0.15) is 19.3 Å². The Morgan fingerprint density at radius 3 is 2.81 bits per heavy atom. The first-order valence-electron chi connectivity index (χ1n) is 6.31. The number of likely N-dealkylation sites (tertiary alicyclic amines) is 1. The molecular weight excluding hydrogens is 206 g/mol. The van der Waals surface area contributed by atoms with E-state index in [-0.39, 0.29) is 12.1 Å². The summed E-state index contributed by atoms with van der Waals surface area (Å²) in [5, 5.41) is 20.3. The molecule has 0 aromatic heterocycles. The molecule has 2 N–H and O–H groups in total. The smallest absolute Gasteiger partial charge is 0.131 e. The lowest BCUT2D eigenvalue weighted by Crippen LogP contribution is -2.55. The summed E-state index contributed by atoms with van der Waals surface area (Å²) in [6, 6.07) is 0.175. The molecule has 4 nitrogen and oxygen atoms in total. The maximum absolute atomic E-state index is 10.3. The molecule has 1 heterocycles. The zero-order chi connectivity index (χ0) is 11.3. The molecule has 3 rings (SSSR count). The predicted molar refractivity (Wildman–Crippen MR) is 58.7 cm³/mol. The van der Waals surface area contributed by atoms with Gasteiger partial charge in [-0.25, -0.2) is 0 Å². The van der Waals surface area contributed by atoms with E-state index in [2.05, 4.69) is 4.90 Å². The monoisotopic (exact) mass is 227 g/mol. The van der Waals surface area contributed by atoms with Crippen LogP contribution in [0.3, 0.4) is 0 Å². The second-order valence-electron chi connectivity index (χ2n) is 5.71. The number of hydrogen-bond acceptors (Lipinski definition) is 4. The van der Waals surface area contributed by atoms with Crippen LogP contribution in [-0.2, 0) is 4.74 Å². The van der Waals surface area contributed by atoms with Gasteiger partial charge in [0.25, 0.3) is 0 Å². The fourth-order valence-corrected chi connectivity index (χ4v) is 4.25. The molecule has 2 saturated carbocycles. The van der Waals surface area contributed by atoms with Crippen LogP contribution in [0, 0.1) is 17.8 Å². The summed E-state index contributed by atoms with van der Waals surface area (Å²) >= 11 is 0. The van der Waals surface area contributed by atoms with Crippen LogP contribution in [0.5, 0.6) is 0 Å². The van der Waals surface area contributed by atoms with Crippen LogP contribution in [0.4, 0.5) is 0 Å². The highest BCUT2D eigenvalue weighted by molar-refractivity contribution is 5.06. The highest BCUT2D eigenvalue weighted by atomic mass is 16.5. The van der Waals surface area contributed by atoms with Gasteiger partial charge in [0, 0.05) is 19.7 Å². The number of aliphatic hydroxyl groups is 2. The molecule has 0 aromatic rings. The van der Waals surface area contributed by atoms with E-state index in [1.807, 2.05) is 0 Å². The van der Waals surface area contributed by atoms with Crippen molar-refractivity contribution >= 4 is 0 Å². The predicted octanol–water partition coefficient (Wildman–Crippen LogP) is 0.0424. The lowest BCUT2D eigenvalue weighted by Gasteiger charge is -2.44. The topological polar surface area (TPSA) is 52.9 Å². The van der Waals surface area contributed by atoms with Gasteiger partial charge in [0.05, 0.1) is 12.7 Å². The molecule has 3 aliphatic rings. The number of hydrogen-bond donors (Lipinski definition) is 2. The van der Waals surface area contributed by atoms with Gasteiger partial charge in [0.1, 0.15) is 6.23 Å². The molecule has 0 radical (unpaired) electrons. The van der Waals surface area contributed by atoms with E-state index in [1.165, 1.54) is 6.42 Å². The summed E-state index contributed by atoms with van der Waals surface area (Å²) in [6.45, 7) is 1.27. The van der Waals surface area contributed by atoms with E-state index in [1.54, 1.807) is 7.11 Å². The molecule has 1 aliphatic heterocycles. The van der Waals surface area contributed by atoms with Gasteiger partial charge >= 0.3 is 0 Å². The Morgan fingerprint density at radius 2 is 2.06 bits per heavy atom. The first-order valence-corrected chi connectivity index (χ1v) is 6.31. The van der Waals surface area contributed by atoms with Crippen molar-refractivity contribution in [2.45, 2.75) is 37.6 Å². The summed E-state index contributed by atoms with van der Waals surface area (Å²) in [5.41, 5.74) is 0. The fraction of sp³-hybridized carbons (Fsp3) is 1.00. The number of nitrogens with zero attached hydrogens (tertiary/aromatic N) is 1. The van der Waals surface area contributed by atoms with Crippen LogP contribution < -0.4 is 0 Å². The molecule has 2 aliphatic carbocycles. The third-order valence-electron chi connectivity index (χ3n) is 4.74. The van der Waals surface area contributed by atoms with E-state index < -0.39 is 6.23 Å². The van der Waals surface area contributed by atoms with Gasteiger partial charge in [-0.05, 0) is 37.0 Å². The van der Waals surface area contributed by atoms with Crippen LogP contribution in [0.25, 0.3) is 0 Å². The van der Waals surface area contributed by atoms with Crippen molar-refractivity contribution in [2.75, 3.05) is 20.3 Å². The quantitative estimate of drug-likeness (QED) is 0.715. The average Bonchev–Trinajstić information content (AvgIpc) is 2.41. The van der Waals surface area contributed by atoms with Gasteiger partial charge in [-0.2, -0.15) is 0 Å². The van der Waals surface area contributed by atoms with E-state index in [4.69, 9.17) is 4.74 Å². The molecule has 3 bridgehead atoms. The van der Waals surface area contributed by atoms with Crippen LogP contribution in [0.15, 0.2) is 0 Å². The first-order chi connectivity index (χ1) is 7.70. The van der Waals surface area contributed by atoms with Gasteiger partial charge < -0.3 is 14.9 Å². The van der Waals surface area contributed by atoms with E-state index in [0.29, 0.717) is 24.4 Å². The van der Waals surface area contributed by atoms with E-state index in [0.717, 1.165) is 19.4 Å². The van der Waals surface area contributed by atoms with Crippen LogP contribution in [0.2, 0.25) is 0 Å².